The third-order valence-corrected chi connectivity index (χ3v) is 7.67. The van der Waals surface area contributed by atoms with Gasteiger partial charge in [0.2, 0.25) is 5.91 Å². The van der Waals surface area contributed by atoms with E-state index in [0.29, 0.717) is 18.5 Å². The highest BCUT2D eigenvalue weighted by atomic mass is 35.5. The van der Waals surface area contributed by atoms with Crippen LogP contribution in [0.1, 0.15) is 24.0 Å². The number of benzene rings is 2. The van der Waals surface area contributed by atoms with Crippen molar-refractivity contribution in [3.8, 4) is 5.75 Å². The first-order chi connectivity index (χ1) is 17.4. The molecule has 2 saturated heterocycles. The zero-order valence-corrected chi connectivity index (χ0v) is 22.1. The number of carbonyl (C=O) groups excluding carboxylic acids is 2. The van der Waals surface area contributed by atoms with E-state index >= 15 is 0 Å². The molecule has 0 aliphatic carbocycles. The highest BCUT2D eigenvalue weighted by Gasteiger charge is 2.41. The van der Waals surface area contributed by atoms with Crippen molar-refractivity contribution in [2.45, 2.75) is 42.5 Å². The number of nitrogens with zero attached hydrogens (tertiary/aromatic N) is 2. The van der Waals surface area contributed by atoms with Gasteiger partial charge in [-0.05, 0) is 54.8 Å². The lowest BCUT2D eigenvalue weighted by Crippen LogP contribution is -2.49. The Bertz CT molecular complexity index is 1070. The van der Waals surface area contributed by atoms with Crippen LogP contribution in [-0.4, -0.2) is 65.9 Å². The molecule has 2 amide bonds. The van der Waals surface area contributed by atoms with Crippen LogP contribution in [0.4, 0.5) is 10.5 Å². The van der Waals surface area contributed by atoms with Crippen LogP contribution in [0, 0.1) is 10.1 Å². The number of ether oxygens (including phenoxy) is 2. The summed E-state index contributed by atoms with van der Waals surface area (Å²) in [6.07, 6.45) is 0.837. The van der Waals surface area contributed by atoms with Gasteiger partial charge in [0.15, 0.2) is 0 Å². The third-order valence-electron chi connectivity index (χ3n) is 6.36. The smallest absolute Gasteiger partial charge is 0.410 e. The van der Waals surface area contributed by atoms with Gasteiger partial charge in [-0.1, -0.05) is 12.1 Å². The molecule has 0 aromatic heterocycles. The van der Waals surface area contributed by atoms with Gasteiger partial charge in [0.1, 0.15) is 18.4 Å². The summed E-state index contributed by atoms with van der Waals surface area (Å²) >= 11 is 1.71. The summed E-state index contributed by atoms with van der Waals surface area (Å²) in [5.74, 6) is 1.38. The average molecular weight is 551 g/mol. The molecule has 0 radical (unpaired) electrons. The molecular weight excluding hydrogens is 520 g/mol. The zero-order chi connectivity index (χ0) is 25.5. The lowest BCUT2D eigenvalue weighted by atomic mass is 10.1. The SMILES string of the molecule is COc1ccc(CS[C@H]2C[C@@H](C(=O)NC3CCNC3)N(C(=O)OCc3ccc([N+](=O)[O-])cc3)C2)cc1.Cl. The van der Waals surface area contributed by atoms with Crippen molar-refractivity contribution in [3.05, 3.63) is 69.8 Å². The summed E-state index contributed by atoms with van der Waals surface area (Å²) in [6, 6.07) is 13.2. The fraction of sp³-hybridized carbons (Fsp3) is 0.440. The Morgan fingerprint density at radius 3 is 2.49 bits per heavy atom. The van der Waals surface area contributed by atoms with Crippen LogP contribution in [0.15, 0.2) is 48.5 Å². The minimum atomic E-state index is -0.608. The van der Waals surface area contributed by atoms with E-state index in [-0.39, 0.29) is 41.9 Å². The molecule has 12 heteroatoms. The molecule has 2 aromatic rings. The highest BCUT2D eigenvalue weighted by Crippen LogP contribution is 2.31. The molecule has 0 spiro atoms. The van der Waals surface area contributed by atoms with Gasteiger partial charge in [0, 0.05) is 42.3 Å². The standard InChI is InChI=1S/C25H30N4O6S.ClH/c1-34-21-8-4-18(5-9-21)16-36-22-12-23(24(30)27-19-10-11-26-13-19)28(14-22)25(31)35-15-17-2-6-20(7-3-17)29(32)33;/h2-9,19,22-23,26H,10-16H2,1H3,(H,27,30);1H/t19?,22-,23-;/m0./s1. The first-order valence-electron chi connectivity index (χ1n) is 11.9. The number of nitro groups is 1. The second-order valence-electron chi connectivity index (χ2n) is 8.86. The van der Waals surface area contributed by atoms with Gasteiger partial charge in [-0.15, -0.1) is 12.4 Å². The number of nitro benzene ring substituents is 1. The Balaban J connectivity index is 0.00000380. The van der Waals surface area contributed by atoms with Crippen LogP contribution in [0.3, 0.4) is 0 Å². The van der Waals surface area contributed by atoms with E-state index < -0.39 is 17.1 Å². The van der Waals surface area contributed by atoms with E-state index in [0.717, 1.165) is 36.6 Å². The molecule has 2 aliphatic rings. The second-order valence-corrected chi connectivity index (χ2v) is 10.2. The van der Waals surface area contributed by atoms with Gasteiger partial charge >= 0.3 is 6.09 Å². The molecule has 2 aliphatic heterocycles. The van der Waals surface area contributed by atoms with Crippen LogP contribution in [0.5, 0.6) is 5.75 Å². The number of methoxy groups -OCH3 is 1. The summed E-state index contributed by atoms with van der Waals surface area (Å²) in [5, 5.41) is 17.2. The fourth-order valence-electron chi connectivity index (χ4n) is 4.32. The molecule has 0 bridgehead atoms. The number of hydrogen-bond acceptors (Lipinski definition) is 8. The fourth-order valence-corrected chi connectivity index (χ4v) is 5.53. The number of carbonyl (C=O) groups is 2. The molecule has 0 saturated carbocycles. The lowest BCUT2D eigenvalue weighted by Gasteiger charge is -2.24. The Morgan fingerprint density at radius 2 is 1.86 bits per heavy atom. The molecule has 10 nitrogen and oxygen atoms in total. The van der Waals surface area contributed by atoms with Crippen molar-refractivity contribution in [2.24, 2.45) is 0 Å². The quantitative estimate of drug-likeness (QED) is 0.359. The Labute approximate surface area is 226 Å². The number of rotatable bonds is 9. The molecular formula is C25H31ClN4O6S. The van der Waals surface area contributed by atoms with E-state index in [2.05, 4.69) is 10.6 Å². The number of halogens is 1. The number of non-ortho nitro benzene ring substituents is 1. The summed E-state index contributed by atoms with van der Waals surface area (Å²) in [6.45, 7) is 1.95. The summed E-state index contributed by atoms with van der Waals surface area (Å²) in [5.41, 5.74) is 1.74. The molecule has 4 rings (SSSR count). The number of nitrogens with one attached hydrogen (secondary N) is 2. The summed E-state index contributed by atoms with van der Waals surface area (Å²) < 4.78 is 10.7. The van der Waals surface area contributed by atoms with Crippen LogP contribution in [0.25, 0.3) is 0 Å². The largest absolute Gasteiger partial charge is 0.497 e. The monoisotopic (exact) mass is 550 g/mol. The van der Waals surface area contributed by atoms with Crippen LogP contribution >= 0.6 is 24.2 Å². The average Bonchev–Trinajstić information content (AvgIpc) is 3.57. The van der Waals surface area contributed by atoms with Gasteiger partial charge in [-0.25, -0.2) is 4.79 Å². The molecule has 2 heterocycles. The predicted molar refractivity (Wildman–Crippen MR) is 143 cm³/mol. The number of likely N-dealkylation sites (tertiary alicyclic amines) is 1. The molecule has 2 aromatic carbocycles. The Hall–Kier alpha value is -3.02. The van der Waals surface area contributed by atoms with Crippen molar-refractivity contribution < 1.29 is 24.0 Å². The number of amides is 2. The lowest BCUT2D eigenvalue weighted by molar-refractivity contribution is -0.384. The maximum absolute atomic E-state index is 13.1. The van der Waals surface area contributed by atoms with E-state index in [9.17, 15) is 19.7 Å². The van der Waals surface area contributed by atoms with Crippen LogP contribution in [0.2, 0.25) is 0 Å². The first kappa shape index (κ1) is 28.5. The molecule has 1 unspecified atom stereocenters. The normalized spacial score (nSPS) is 20.7. The molecule has 2 N–H and O–H groups in total. The van der Waals surface area contributed by atoms with Gasteiger partial charge in [0.25, 0.3) is 5.69 Å². The van der Waals surface area contributed by atoms with Crippen molar-refractivity contribution in [1.82, 2.24) is 15.5 Å². The summed E-state index contributed by atoms with van der Waals surface area (Å²) in [7, 11) is 1.63. The van der Waals surface area contributed by atoms with E-state index in [4.69, 9.17) is 9.47 Å². The van der Waals surface area contributed by atoms with Crippen molar-refractivity contribution >= 4 is 41.9 Å². The Kier molecular flexibility index (Phi) is 10.4. The van der Waals surface area contributed by atoms with Crippen molar-refractivity contribution in [1.29, 1.82) is 0 Å². The predicted octanol–water partition coefficient (Wildman–Crippen LogP) is 3.52. The Morgan fingerprint density at radius 1 is 1.16 bits per heavy atom. The van der Waals surface area contributed by atoms with E-state index in [1.165, 1.54) is 17.0 Å². The number of hydrogen-bond donors (Lipinski definition) is 2. The van der Waals surface area contributed by atoms with Gasteiger partial charge < -0.3 is 20.1 Å². The topological polar surface area (TPSA) is 123 Å². The number of thioether (sulfide) groups is 1. The van der Waals surface area contributed by atoms with Gasteiger partial charge in [-0.2, -0.15) is 11.8 Å². The minimum absolute atomic E-state index is 0. The molecule has 37 heavy (non-hydrogen) atoms. The maximum atomic E-state index is 13.1. The molecule has 200 valence electrons. The van der Waals surface area contributed by atoms with Crippen LogP contribution in [-0.2, 0) is 21.9 Å². The zero-order valence-electron chi connectivity index (χ0n) is 20.5. The maximum Gasteiger partial charge on any atom is 0.410 e. The van der Waals surface area contributed by atoms with E-state index in [1.807, 2.05) is 24.3 Å². The summed E-state index contributed by atoms with van der Waals surface area (Å²) in [4.78, 5) is 38.0. The minimum Gasteiger partial charge on any atom is -0.497 e. The van der Waals surface area contributed by atoms with Gasteiger partial charge in [0.05, 0.1) is 12.0 Å². The van der Waals surface area contributed by atoms with Crippen molar-refractivity contribution in [3.63, 3.8) is 0 Å². The third kappa shape index (κ3) is 7.73. The second kappa shape index (κ2) is 13.5. The van der Waals surface area contributed by atoms with E-state index in [1.54, 1.807) is 31.0 Å². The molecule has 2 fully saturated rings. The van der Waals surface area contributed by atoms with Crippen molar-refractivity contribution in [2.75, 3.05) is 26.7 Å². The van der Waals surface area contributed by atoms with Crippen LogP contribution < -0.4 is 15.4 Å². The first-order valence-corrected chi connectivity index (χ1v) is 12.9. The highest BCUT2D eigenvalue weighted by molar-refractivity contribution is 7.99. The van der Waals surface area contributed by atoms with Gasteiger partial charge in [-0.3, -0.25) is 19.8 Å². The molecule has 3 atom stereocenters.